The van der Waals surface area contributed by atoms with E-state index in [-0.39, 0.29) is 0 Å². The maximum absolute atomic E-state index is 6.93. The van der Waals surface area contributed by atoms with Gasteiger partial charge in [-0.05, 0) is 33.7 Å². The Morgan fingerprint density at radius 3 is 1.82 bits per heavy atom. The number of benzene rings is 8. The lowest BCUT2D eigenvalue weighted by Crippen LogP contribution is -2.03. The van der Waals surface area contributed by atoms with Crippen molar-refractivity contribution in [3.8, 4) is 17.2 Å². The third-order valence-electron chi connectivity index (χ3n) is 10.6. The van der Waals surface area contributed by atoms with E-state index in [0.29, 0.717) is 11.7 Å². The first-order valence-electron chi connectivity index (χ1n) is 17.2. The fourth-order valence-corrected chi connectivity index (χ4v) is 9.80. The van der Waals surface area contributed by atoms with Crippen molar-refractivity contribution in [1.29, 1.82) is 0 Å². The SMILES string of the molecule is c1ccc(-c2nc(-n3c4ccccc4c4c5sc6ccccc6c5c5ccccc5c43)nc3oc4c5ccccc5c5ccccc5c4c23)cc1. The molecule has 0 saturated carbocycles. The van der Waals surface area contributed by atoms with Gasteiger partial charge in [0, 0.05) is 52.7 Å². The molecule has 236 valence electrons. The van der Waals surface area contributed by atoms with Crippen LogP contribution in [0.15, 0.2) is 156 Å². The van der Waals surface area contributed by atoms with E-state index < -0.39 is 0 Å². The molecule has 0 fully saturated rings. The quantitative estimate of drug-likeness (QED) is 0.172. The zero-order chi connectivity index (χ0) is 33.2. The fraction of sp³-hybridized carbons (Fsp3) is 0. The fourth-order valence-electron chi connectivity index (χ4n) is 8.52. The predicted octanol–water partition coefficient (Wildman–Crippen LogP) is 13.0. The second-order valence-corrected chi connectivity index (χ2v) is 14.3. The molecule has 0 aliphatic carbocycles. The normalized spacial score (nSPS) is 12.3. The summed E-state index contributed by atoms with van der Waals surface area (Å²) in [5.41, 5.74) is 5.46. The summed E-state index contributed by atoms with van der Waals surface area (Å²) in [5, 5.41) is 13.9. The van der Waals surface area contributed by atoms with Crippen LogP contribution in [0.4, 0.5) is 0 Å². The monoisotopic (exact) mass is 667 g/mol. The summed E-state index contributed by atoms with van der Waals surface area (Å²) in [7, 11) is 0. The second kappa shape index (κ2) is 10.0. The molecule has 0 bridgehead atoms. The zero-order valence-electron chi connectivity index (χ0n) is 27.1. The average molecular weight is 668 g/mol. The third kappa shape index (κ3) is 3.58. The van der Waals surface area contributed by atoms with Crippen molar-refractivity contribution in [3.63, 3.8) is 0 Å². The van der Waals surface area contributed by atoms with Gasteiger partial charge in [-0.3, -0.25) is 4.57 Å². The summed E-state index contributed by atoms with van der Waals surface area (Å²) in [6.07, 6.45) is 0. The van der Waals surface area contributed by atoms with E-state index in [0.717, 1.165) is 54.8 Å². The van der Waals surface area contributed by atoms with Crippen LogP contribution in [0.25, 0.3) is 114 Å². The zero-order valence-corrected chi connectivity index (χ0v) is 27.9. The lowest BCUT2D eigenvalue weighted by atomic mass is 9.96. The van der Waals surface area contributed by atoms with Crippen molar-refractivity contribution in [2.24, 2.45) is 0 Å². The van der Waals surface area contributed by atoms with E-state index in [9.17, 15) is 0 Å². The van der Waals surface area contributed by atoms with Crippen LogP contribution in [0.3, 0.4) is 0 Å². The average Bonchev–Trinajstić information content (AvgIpc) is 3.89. The Bertz CT molecular complexity index is 3430. The predicted molar refractivity (Wildman–Crippen MR) is 214 cm³/mol. The van der Waals surface area contributed by atoms with Crippen molar-refractivity contribution >= 4 is 108 Å². The van der Waals surface area contributed by atoms with Gasteiger partial charge in [-0.15, -0.1) is 11.3 Å². The van der Waals surface area contributed by atoms with Crippen molar-refractivity contribution in [2.45, 2.75) is 0 Å². The van der Waals surface area contributed by atoms with Gasteiger partial charge in [0.05, 0.1) is 22.1 Å². The molecule has 0 radical (unpaired) electrons. The highest BCUT2D eigenvalue weighted by molar-refractivity contribution is 7.27. The number of nitrogens with zero attached hydrogens (tertiary/aromatic N) is 3. The van der Waals surface area contributed by atoms with E-state index >= 15 is 0 Å². The van der Waals surface area contributed by atoms with Crippen molar-refractivity contribution in [1.82, 2.24) is 14.5 Å². The molecule has 0 unspecified atom stereocenters. The molecule has 0 aliphatic heterocycles. The number of thiophene rings is 1. The minimum absolute atomic E-state index is 0.577. The Hall–Kier alpha value is -6.56. The molecule has 0 atom stereocenters. The summed E-state index contributed by atoms with van der Waals surface area (Å²) in [4.78, 5) is 10.9. The standard InChI is InChI=1S/C46H25N3OS/c1-2-14-26(15-3-1)41-40-38-29-18-6-4-16-27(29)28-17-5-9-21-32(28)43(38)50-45(40)48-46(47-41)49-35-24-12-10-22-33(35)39-42(49)31-20-8-7-19-30(31)37-34-23-11-13-25-36(34)51-44(37)39/h1-25H. The molecule has 12 aromatic rings. The smallest absolute Gasteiger partial charge is 0.238 e. The number of furan rings is 1. The number of rotatable bonds is 2. The highest BCUT2D eigenvalue weighted by Gasteiger charge is 2.26. The van der Waals surface area contributed by atoms with E-state index in [1.165, 1.54) is 47.1 Å². The maximum atomic E-state index is 6.93. The Morgan fingerprint density at radius 2 is 1.04 bits per heavy atom. The van der Waals surface area contributed by atoms with Gasteiger partial charge in [-0.2, -0.15) is 4.98 Å². The van der Waals surface area contributed by atoms with Crippen LogP contribution in [0.2, 0.25) is 0 Å². The summed E-state index contributed by atoms with van der Waals surface area (Å²) in [6.45, 7) is 0. The van der Waals surface area contributed by atoms with Crippen LogP contribution in [-0.4, -0.2) is 14.5 Å². The largest absolute Gasteiger partial charge is 0.437 e. The first kappa shape index (κ1) is 27.3. The van der Waals surface area contributed by atoms with Crippen molar-refractivity contribution < 1.29 is 4.42 Å². The van der Waals surface area contributed by atoms with Crippen molar-refractivity contribution in [2.75, 3.05) is 0 Å². The molecule has 12 rings (SSSR count). The van der Waals surface area contributed by atoms with Crippen molar-refractivity contribution in [3.05, 3.63) is 152 Å². The van der Waals surface area contributed by atoms with Gasteiger partial charge in [-0.1, -0.05) is 140 Å². The summed E-state index contributed by atoms with van der Waals surface area (Å²) < 4.78 is 11.8. The number of para-hydroxylation sites is 1. The molecule has 51 heavy (non-hydrogen) atoms. The highest BCUT2D eigenvalue weighted by atomic mass is 32.1. The molecule has 0 amide bonds. The molecule has 0 saturated heterocycles. The summed E-state index contributed by atoms with van der Waals surface area (Å²) >= 11 is 1.86. The van der Waals surface area contributed by atoms with Crippen LogP contribution in [0.5, 0.6) is 0 Å². The van der Waals surface area contributed by atoms with Crippen LogP contribution in [0.1, 0.15) is 0 Å². The minimum atomic E-state index is 0.577. The van der Waals surface area contributed by atoms with Crippen LogP contribution < -0.4 is 0 Å². The molecular weight excluding hydrogens is 643 g/mol. The van der Waals surface area contributed by atoms with Gasteiger partial charge in [-0.25, -0.2) is 4.98 Å². The third-order valence-corrected chi connectivity index (χ3v) is 11.8. The van der Waals surface area contributed by atoms with E-state index in [4.69, 9.17) is 14.4 Å². The van der Waals surface area contributed by atoms with E-state index in [1.807, 2.05) is 11.3 Å². The van der Waals surface area contributed by atoms with E-state index in [1.54, 1.807) is 0 Å². The molecule has 0 spiro atoms. The van der Waals surface area contributed by atoms with Gasteiger partial charge in [0.2, 0.25) is 11.7 Å². The van der Waals surface area contributed by atoms with Gasteiger partial charge in [0.15, 0.2) is 0 Å². The lowest BCUT2D eigenvalue weighted by molar-refractivity contribution is 0.655. The van der Waals surface area contributed by atoms with Gasteiger partial charge >= 0.3 is 0 Å². The molecule has 4 aromatic heterocycles. The minimum Gasteiger partial charge on any atom is -0.437 e. The topological polar surface area (TPSA) is 43.9 Å². The number of aromatic nitrogens is 3. The summed E-state index contributed by atoms with van der Waals surface area (Å²) in [5.74, 6) is 0.589. The molecular formula is C46H25N3OS. The summed E-state index contributed by atoms with van der Waals surface area (Å²) in [6, 6.07) is 53.8. The Kier molecular flexibility index (Phi) is 5.35. The van der Waals surface area contributed by atoms with Gasteiger partial charge in [0.25, 0.3) is 0 Å². The molecule has 0 N–H and O–H groups in total. The maximum Gasteiger partial charge on any atom is 0.238 e. The Balaban J connectivity index is 1.31. The molecule has 5 heteroatoms. The second-order valence-electron chi connectivity index (χ2n) is 13.2. The van der Waals surface area contributed by atoms with E-state index in [2.05, 4.69) is 156 Å². The first-order chi connectivity index (χ1) is 25.3. The highest BCUT2D eigenvalue weighted by Crippen LogP contribution is 2.49. The Morgan fingerprint density at radius 1 is 0.451 bits per heavy atom. The van der Waals surface area contributed by atoms with Crippen LogP contribution in [-0.2, 0) is 0 Å². The van der Waals surface area contributed by atoms with Gasteiger partial charge in [0.1, 0.15) is 5.58 Å². The number of fused-ring (bicyclic) bond motifs is 18. The molecule has 8 aromatic carbocycles. The molecule has 4 nitrogen and oxygen atoms in total. The Labute approximate surface area is 294 Å². The van der Waals surface area contributed by atoms with Gasteiger partial charge < -0.3 is 4.42 Å². The molecule has 4 heterocycles. The number of hydrogen-bond acceptors (Lipinski definition) is 4. The molecule has 0 aliphatic rings. The van der Waals surface area contributed by atoms with Crippen LogP contribution >= 0.6 is 11.3 Å². The first-order valence-corrected chi connectivity index (χ1v) is 18.0. The van der Waals surface area contributed by atoms with Crippen LogP contribution in [0, 0.1) is 0 Å². The lowest BCUT2D eigenvalue weighted by Gasteiger charge is -2.12. The number of hydrogen-bond donors (Lipinski definition) is 0.